The van der Waals surface area contributed by atoms with E-state index in [9.17, 15) is 8.42 Å². The number of nitrogens with zero attached hydrogens (tertiary/aromatic N) is 4. The molecule has 1 aliphatic rings. The molecule has 4 heterocycles. The van der Waals surface area contributed by atoms with Crippen molar-refractivity contribution in [2.45, 2.75) is 24.3 Å². The second-order valence-corrected chi connectivity index (χ2v) is 8.74. The number of ether oxygens (including phenoxy) is 2. The van der Waals surface area contributed by atoms with Gasteiger partial charge in [0.1, 0.15) is 11.1 Å². The van der Waals surface area contributed by atoms with E-state index in [0.717, 1.165) is 18.4 Å². The molecule has 10 nitrogen and oxygen atoms in total. The molecule has 0 spiro atoms. The van der Waals surface area contributed by atoms with Gasteiger partial charge in [-0.3, -0.25) is 9.40 Å². The minimum Gasteiger partial charge on any atom is -0.493 e. The molecule has 1 N–H and O–H groups in total. The van der Waals surface area contributed by atoms with E-state index < -0.39 is 10.0 Å². The van der Waals surface area contributed by atoms with Gasteiger partial charge < -0.3 is 14.0 Å². The molecular weight excluding hydrogens is 422 g/mol. The van der Waals surface area contributed by atoms with Gasteiger partial charge in [-0.25, -0.2) is 13.4 Å². The summed E-state index contributed by atoms with van der Waals surface area (Å²) in [5.74, 6) is 0.934. The maximum Gasteiger partial charge on any atom is 0.263 e. The van der Waals surface area contributed by atoms with Crippen LogP contribution in [0.3, 0.4) is 0 Å². The SMILES string of the molecule is COc1nc(Cn2cccn2)cc2onc(NS(=O)(=O)c3ccc4c(c3)CCCO4)c12. The molecule has 0 radical (unpaired) electrons. The van der Waals surface area contributed by atoms with Crippen LogP contribution in [0, 0.1) is 0 Å². The summed E-state index contributed by atoms with van der Waals surface area (Å²) in [5.41, 5.74) is 1.85. The van der Waals surface area contributed by atoms with E-state index in [1.165, 1.54) is 13.2 Å². The Balaban J connectivity index is 1.48. The van der Waals surface area contributed by atoms with Gasteiger partial charge in [0.25, 0.3) is 10.0 Å². The third-order valence-corrected chi connectivity index (χ3v) is 6.31. The molecule has 31 heavy (non-hydrogen) atoms. The molecule has 0 fully saturated rings. The molecule has 0 saturated heterocycles. The van der Waals surface area contributed by atoms with Crippen LogP contribution in [-0.2, 0) is 23.0 Å². The van der Waals surface area contributed by atoms with Crippen LogP contribution in [0.25, 0.3) is 11.0 Å². The number of nitrogens with one attached hydrogen (secondary N) is 1. The van der Waals surface area contributed by atoms with E-state index in [2.05, 4.69) is 20.0 Å². The normalized spacial score (nSPS) is 13.6. The Morgan fingerprint density at radius 1 is 1.29 bits per heavy atom. The number of sulfonamides is 1. The highest BCUT2D eigenvalue weighted by Gasteiger charge is 2.24. The average Bonchev–Trinajstić information content (AvgIpc) is 3.43. The predicted octanol–water partition coefficient (Wildman–Crippen LogP) is 2.60. The van der Waals surface area contributed by atoms with Crippen molar-refractivity contribution in [2.24, 2.45) is 0 Å². The summed E-state index contributed by atoms with van der Waals surface area (Å²) in [4.78, 5) is 4.57. The number of pyridine rings is 1. The van der Waals surface area contributed by atoms with Gasteiger partial charge in [-0.05, 0) is 42.7 Å². The van der Waals surface area contributed by atoms with Gasteiger partial charge in [-0.15, -0.1) is 0 Å². The second-order valence-electron chi connectivity index (χ2n) is 7.06. The summed E-state index contributed by atoms with van der Waals surface area (Å²) in [5, 5.41) is 8.41. The molecule has 0 saturated carbocycles. The largest absolute Gasteiger partial charge is 0.493 e. The van der Waals surface area contributed by atoms with Crippen molar-refractivity contribution in [1.29, 1.82) is 0 Å². The zero-order chi connectivity index (χ0) is 21.4. The number of hydrogen-bond acceptors (Lipinski definition) is 8. The number of aromatic nitrogens is 4. The summed E-state index contributed by atoms with van der Waals surface area (Å²) >= 11 is 0. The highest BCUT2D eigenvalue weighted by molar-refractivity contribution is 7.92. The lowest BCUT2D eigenvalue weighted by molar-refractivity contribution is 0.288. The van der Waals surface area contributed by atoms with Crippen LogP contribution < -0.4 is 14.2 Å². The molecule has 11 heteroatoms. The zero-order valence-electron chi connectivity index (χ0n) is 16.6. The molecule has 5 rings (SSSR count). The van der Waals surface area contributed by atoms with Crippen LogP contribution in [0.5, 0.6) is 11.6 Å². The molecular formula is C20H19N5O5S. The summed E-state index contributed by atoms with van der Waals surface area (Å²) in [6.45, 7) is 1.04. The molecule has 1 aliphatic heterocycles. The third kappa shape index (κ3) is 3.67. The summed E-state index contributed by atoms with van der Waals surface area (Å²) in [7, 11) is -2.46. The van der Waals surface area contributed by atoms with Crippen molar-refractivity contribution in [3.63, 3.8) is 0 Å². The molecule has 160 valence electrons. The smallest absolute Gasteiger partial charge is 0.263 e. The van der Waals surface area contributed by atoms with Crippen LogP contribution in [0.2, 0.25) is 0 Å². The van der Waals surface area contributed by atoms with E-state index >= 15 is 0 Å². The lowest BCUT2D eigenvalue weighted by atomic mass is 10.1. The van der Waals surface area contributed by atoms with E-state index in [4.69, 9.17) is 14.0 Å². The minimum absolute atomic E-state index is 0.0129. The first kappa shape index (κ1) is 19.4. The Morgan fingerprint density at radius 2 is 2.19 bits per heavy atom. The summed E-state index contributed by atoms with van der Waals surface area (Å²) < 4.78 is 46.5. The number of methoxy groups -OCH3 is 1. The standard InChI is InChI=1S/C20H19N5O5S/c1-28-20-18-17(11-14(22-20)12-25-8-3-7-21-25)30-23-19(18)24-31(26,27)15-5-6-16-13(10-15)4-2-9-29-16/h3,5-8,10-11H,2,4,9,12H2,1H3,(H,23,24). The Hall–Kier alpha value is -3.60. The number of rotatable bonds is 6. The van der Waals surface area contributed by atoms with Gasteiger partial charge in [-0.1, -0.05) is 5.16 Å². The van der Waals surface area contributed by atoms with Crippen molar-refractivity contribution < 1.29 is 22.4 Å². The van der Waals surface area contributed by atoms with Gasteiger partial charge in [-0.2, -0.15) is 5.10 Å². The first-order valence-corrected chi connectivity index (χ1v) is 11.1. The van der Waals surface area contributed by atoms with Crippen LogP contribution in [0.1, 0.15) is 17.7 Å². The number of anilines is 1. The maximum absolute atomic E-state index is 13.0. The number of benzene rings is 1. The average molecular weight is 441 g/mol. The van der Waals surface area contributed by atoms with Crippen molar-refractivity contribution >= 4 is 26.8 Å². The predicted molar refractivity (Wildman–Crippen MR) is 111 cm³/mol. The topological polar surface area (TPSA) is 121 Å². The van der Waals surface area contributed by atoms with Gasteiger partial charge in [0.05, 0.1) is 30.9 Å². The van der Waals surface area contributed by atoms with Crippen LogP contribution in [0.15, 0.2) is 52.1 Å². The van der Waals surface area contributed by atoms with Crippen molar-refractivity contribution in [3.05, 3.63) is 54.0 Å². The second kappa shape index (κ2) is 7.58. The first-order chi connectivity index (χ1) is 15.0. The fourth-order valence-electron chi connectivity index (χ4n) is 3.53. The van der Waals surface area contributed by atoms with Crippen molar-refractivity contribution in [3.8, 4) is 11.6 Å². The zero-order valence-corrected chi connectivity index (χ0v) is 17.4. The molecule has 0 atom stereocenters. The van der Waals surface area contributed by atoms with Gasteiger partial charge in [0, 0.05) is 18.5 Å². The minimum atomic E-state index is -3.91. The summed E-state index contributed by atoms with van der Waals surface area (Å²) in [6, 6.07) is 8.29. The van der Waals surface area contributed by atoms with E-state index in [1.807, 2.05) is 12.3 Å². The van der Waals surface area contributed by atoms with Crippen LogP contribution >= 0.6 is 0 Å². The quantitative estimate of drug-likeness (QED) is 0.485. The number of hydrogen-bond donors (Lipinski definition) is 1. The van der Waals surface area contributed by atoms with Crippen LogP contribution in [-0.4, -0.2) is 42.1 Å². The Morgan fingerprint density at radius 3 is 3.00 bits per heavy atom. The lowest BCUT2D eigenvalue weighted by Gasteiger charge is -2.17. The van der Waals surface area contributed by atoms with Crippen molar-refractivity contribution in [2.75, 3.05) is 18.4 Å². The Kier molecular flexibility index (Phi) is 4.74. The molecule has 4 aromatic rings. The first-order valence-electron chi connectivity index (χ1n) is 9.63. The molecule has 0 aliphatic carbocycles. The van der Waals surface area contributed by atoms with E-state index in [1.54, 1.807) is 29.1 Å². The molecule has 3 aromatic heterocycles. The fourth-order valence-corrected chi connectivity index (χ4v) is 4.58. The van der Waals surface area contributed by atoms with Crippen LogP contribution in [0.4, 0.5) is 5.82 Å². The Labute approximate surface area is 177 Å². The fraction of sp³-hybridized carbons (Fsp3) is 0.250. The number of fused-ring (bicyclic) bond motifs is 2. The molecule has 0 unspecified atom stereocenters. The number of aryl methyl sites for hydroxylation is 1. The molecule has 0 amide bonds. The highest BCUT2D eigenvalue weighted by Crippen LogP contribution is 2.33. The van der Waals surface area contributed by atoms with E-state index in [-0.39, 0.29) is 16.6 Å². The van der Waals surface area contributed by atoms with Gasteiger partial charge in [0.2, 0.25) is 5.88 Å². The van der Waals surface area contributed by atoms with Gasteiger partial charge >= 0.3 is 0 Å². The van der Waals surface area contributed by atoms with Crippen molar-refractivity contribution in [1.82, 2.24) is 19.9 Å². The highest BCUT2D eigenvalue weighted by atomic mass is 32.2. The third-order valence-electron chi connectivity index (χ3n) is 4.97. The van der Waals surface area contributed by atoms with Gasteiger partial charge in [0.15, 0.2) is 11.4 Å². The monoisotopic (exact) mass is 441 g/mol. The van der Waals surface area contributed by atoms with E-state index in [0.29, 0.717) is 35.6 Å². The maximum atomic E-state index is 13.0. The summed E-state index contributed by atoms with van der Waals surface area (Å²) in [6.07, 6.45) is 5.09. The lowest BCUT2D eigenvalue weighted by Crippen LogP contribution is -2.15. The molecule has 1 aromatic carbocycles. The molecule has 0 bridgehead atoms. The Bertz CT molecular complexity index is 1350.